The lowest BCUT2D eigenvalue weighted by Gasteiger charge is -2.10. The molecule has 1 aromatic carbocycles. The maximum absolute atomic E-state index is 11.7. The van der Waals surface area contributed by atoms with E-state index in [1.54, 1.807) is 30.5 Å². The molecule has 26 heavy (non-hydrogen) atoms. The number of ether oxygens (including phenoxy) is 1. The van der Waals surface area contributed by atoms with E-state index in [0.717, 1.165) is 10.2 Å². The molecule has 136 valence electrons. The zero-order valence-corrected chi connectivity index (χ0v) is 16.1. The number of benzene rings is 1. The van der Waals surface area contributed by atoms with Crippen molar-refractivity contribution in [3.63, 3.8) is 0 Å². The summed E-state index contributed by atoms with van der Waals surface area (Å²) in [5.41, 5.74) is 1.41. The second kappa shape index (κ2) is 9.63. The molecule has 0 aliphatic heterocycles. The molecular formula is C18H20BrN5O2. The molecular weight excluding hydrogens is 398 g/mol. The highest BCUT2D eigenvalue weighted by Gasteiger charge is 2.07. The maximum atomic E-state index is 11.7. The minimum absolute atomic E-state index is 0.290. The van der Waals surface area contributed by atoms with Crippen LogP contribution < -0.4 is 16.0 Å². The van der Waals surface area contributed by atoms with Gasteiger partial charge in [0.2, 0.25) is 5.95 Å². The van der Waals surface area contributed by atoms with E-state index in [9.17, 15) is 4.79 Å². The van der Waals surface area contributed by atoms with Gasteiger partial charge in [0.15, 0.2) is 0 Å². The van der Waals surface area contributed by atoms with Gasteiger partial charge in [-0.05, 0) is 46.1 Å². The van der Waals surface area contributed by atoms with Gasteiger partial charge in [0.05, 0.1) is 17.6 Å². The van der Waals surface area contributed by atoms with Crippen LogP contribution in [0, 0.1) is 18.3 Å². The number of carbonyl (C=O) groups is 1. The molecule has 0 saturated carbocycles. The highest BCUT2D eigenvalue weighted by molar-refractivity contribution is 9.10. The molecule has 2 aromatic rings. The standard InChI is InChI=1S/C18H20BrN5O2/c1-4-9-20-16-15(19)10-21-17(24-16)22-13-5-7-14(8-6-13)23-18(25)26-11-12(2)3/h1,5-8,10,12H,9,11H2,2-3H3,(H,23,25)(H2,20,21,22,24). The number of nitrogens with zero attached hydrogens (tertiary/aromatic N) is 2. The first-order valence-corrected chi connectivity index (χ1v) is 8.78. The average Bonchev–Trinajstić information content (AvgIpc) is 2.62. The van der Waals surface area contributed by atoms with Crippen molar-refractivity contribution >= 4 is 45.2 Å². The van der Waals surface area contributed by atoms with E-state index in [1.165, 1.54) is 0 Å². The molecule has 0 atom stereocenters. The number of anilines is 4. The number of amides is 1. The summed E-state index contributed by atoms with van der Waals surface area (Å²) in [5.74, 6) is 3.81. The first-order valence-electron chi connectivity index (χ1n) is 7.98. The van der Waals surface area contributed by atoms with Crippen molar-refractivity contribution in [2.75, 3.05) is 29.1 Å². The molecule has 0 radical (unpaired) electrons. The number of halogens is 1. The van der Waals surface area contributed by atoms with Gasteiger partial charge in [0.25, 0.3) is 0 Å². The van der Waals surface area contributed by atoms with Crippen LogP contribution in [0.15, 0.2) is 34.9 Å². The summed E-state index contributed by atoms with van der Waals surface area (Å²) in [4.78, 5) is 20.2. The van der Waals surface area contributed by atoms with Crippen molar-refractivity contribution in [3.8, 4) is 12.3 Å². The average molecular weight is 418 g/mol. The Bertz CT molecular complexity index is 787. The van der Waals surface area contributed by atoms with E-state index >= 15 is 0 Å². The van der Waals surface area contributed by atoms with E-state index < -0.39 is 6.09 Å². The van der Waals surface area contributed by atoms with E-state index in [2.05, 4.69) is 47.8 Å². The Labute approximate surface area is 161 Å². The fraction of sp³-hybridized carbons (Fsp3) is 0.278. The minimum atomic E-state index is -0.472. The summed E-state index contributed by atoms with van der Waals surface area (Å²) in [7, 11) is 0. The van der Waals surface area contributed by atoms with Gasteiger partial charge in [-0.3, -0.25) is 5.32 Å². The molecule has 0 unspecified atom stereocenters. The predicted octanol–water partition coefficient (Wildman–Crippen LogP) is 4.23. The lowest BCUT2D eigenvalue weighted by Crippen LogP contribution is -2.16. The van der Waals surface area contributed by atoms with Crippen molar-refractivity contribution in [2.45, 2.75) is 13.8 Å². The van der Waals surface area contributed by atoms with Crippen molar-refractivity contribution in [1.29, 1.82) is 0 Å². The highest BCUT2D eigenvalue weighted by atomic mass is 79.9. The van der Waals surface area contributed by atoms with Crippen LogP contribution >= 0.6 is 15.9 Å². The minimum Gasteiger partial charge on any atom is -0.449 e. The van der Waals surface area contributed by atoms with Gasteiger partial charge >= 0.3 is 6.09 Å². The molecule has 1 amide bonds. The van der Waals surface area contributed by atoms with Crippen LogP contribution in [0.1, 0.15) is 13.8 Å². The fourth-order valence-electron chi connectivity index (χ4n) is 1.85. The van der Waals surface area contributed by atoms with Crippen LogP contribution in [0.3, 0.4) is 0 Å². The van der Waals surface area contributed by atoms with Crippen LogP contribution in [-0.4, -0.2) is 29.2 Å². The molecule has 0 bridgehead atoms. The zero-order valence-electron chi connectivity index (χ0n) is 14.5. The van der Waals surface area contributed by atoms with Crippen LogP contribution in [0.5, 0.6) is 0 Å². The van der Waals surface area contributed by atoms with E-state index in [1.807, 2.05) is 13.8 Å². The summed E-state index contributed by atoms with van der Waals surface area (Å²) in [6.45, 7) is 4.70. The first kappa shape index (κ1) is 19.5. The fourth-order valence-corrected chi connectivity index (χ4v) is 2.18. The molecule has 0 saturated heterocycles. The molecule has 8 heteroatoms. The number of rotatable bonds is 7. The Hall–Kier alpha value is -2.79. The van der Waals surface area contributed by atoms with Crippen molar-refractivity contribution in [2.24, 2.45) is 5.92 Å². The Morgan fingerprint density at radius 1 is 1.31 bits per heavy atom. The number of hydrogen-bond acceptors (Lipinski definition) is 6. The lowest BCUT2D eigenvalue weighted by molar-refractivity contribution is 0.147. The largest absolute Gasteiger partial charge is 0.449 e. The second-order valence-corrected chi connectivity index (χ2v) is 6.62. The third-order valence-electron chi connectivity index (χ3n) is 3.04. The summed E-state index contributed by atoms with van der Waals surface area (Å²) in [6, 6.07) is 7.13. The molecule has 0 fully saturated rings. The Morgan fingerprint density at radius 2 is 2.00 bits per heavy atom. The Kier molecular flexibility index (Phi) is 7.24. The molecule has 0 aliphatic carbocycles. The van der Waals surface area contributed by atoms with Crippen LogP contribution in [0.2, 0.25) is 0 Å². The number of aromatic nitrogens is 2. The summed E-state index contributed by atoms with van der Waals surface area (Å²) >= 11 is 3.36. The molecule has 1 heterocycles. The predicted molar refractivity (Wildman–Crippen MR) is 107 cm³/mol. The SMILES string of the molecule is C#CCNc1nc(Nc2ccc(NC(=O)OCC(C)C)cc2)ncc1Br. The maximum Gasteiger partial charge on any atom is 0.411 e. The number of nitrogens with one attached hydrogen (secondary N) is 3. The molecule has 1 aromatic heterocycles. The van der Waals surface area contributed by atoms with Gasteiger partial charge in [-0.2, -0.15) is 4.98 Å². The first-order chi connectivity index (χ1) is 12.5. The van der Waals surface area contributed by atoms with Crippen LogP contribution in [0.4, 0.5) is 27.9 Å². The van der Waals surface area contributed by atoms with Gasteiger partial charge in [-0.1, -0.05) is 19.8 Å². The van der Waals surface area contributed by atoms with Gasteiger partial charge in [-0.25, -0.2) is 9.78 Å². The van der Waals surface area contributed by atoms with Gasteiger partial charge in [0, 0.05) is 17.6 Å². The normalized spacial score (nSPS) is 10.1. The molecule has 0 spiro atoms. The lowest BCUT2D eigenvalue weighted by atomic mass is 10.2. The topological polar surface area (TPSA) is 88.2 Å². The Morgan fingerprint density at radius 3 is 2.65 bits per heavy atom. The van der Waals surface area contributed by atoms with Crippen molar-refractivity contribution in [1.82, 2.24) is 9.97 Å². The summed E-state index contributed by atoms with van der Waals surface area (Å²) in [6.07, 6.45) is 6.41. The molecule has 2 rings (SSSR count). The summed E-state index contributed by atoms with van der Waals surface area (Å²) in [5, 5.41) is 8.77. The molecule has 7 nitrogen and oxygen atoms in total. The van der Waals surface area contributed by atoms with Crippen molar-refractivity contribution < 1.29 is 9.53 Å². The van der Waals surface area contributed by atoms with E-state index in [0.29, 0.717) is 36.5 Å². The van der Waals surface area contributed by atoms with Crippen molar-refractivity contribution in [3.05, 3.63) is 34.9 Å². The monoisotopic (exact) mass is 417 g/mol. The quantitative estimate of drug-likeness (QED) is 0.584. The number of hydrogen-bond donors (Lipinski definition) is 3. The third kappa shape index (κ3) is 6.26. The smallest absolute Gasteiger partial charge is 0.411 e. The zero-order chi connectivity index (χ0) is 18.9. The number of carbonyl (C=O) groups excluding carboxylic acids is 1. The summed E-state index contributed by atoms with van der Waals surface area (Å²) < 4.78 is 5.80. The van der Waals surface area contributed by atoms with Crippen LogP contribution in [0.25, 0.3) is 0 Å². The molecule has 3 N–H and O–H groups in total. The number of terminal acetylenes is 1. The van der Waals surface area contributed by atoms with Gasteiger partial charge in [0.1, 0.15) is 5.82 Å². The van der Waals surface area contributed by atoms with E-state index in [-0.39, 0.29) is 0 Å². The van der Waals surface area contributed by atoms with Gasteiger partial charge < -0.3 is 15.4 Å². The second-order valence-electron chi connectivity index (χ2n) is 5.77. The van der Waals surface area contributed by atoms with Crippen LogP contribution in [-0.2, 0) is 4.74 Å². The van der Waals surface area contributed by atoms with E-state index in [4.69, 9.17) is 11.2 Å². The highest BCUT2D eigenvalue weighted by Crippen LogP contribution is 2.22. The van der Waals surface area contributed by atoms with Gasteiger partial charge in [-0.15, -0.1) is 6.42 Å². The Balaban J connectivity index is 1.97. The molecule has 0 aliphatic rings. The third-order valence-corrected chi connectivity index (χ3v) is 3.62.